The summed E-state index contributed by atoms with van der Waals surface area (Å²) < 4.78 is 1.77. The molecule has 1 heterocycles. The van der Waals surface area contributed by atoms with Gasteiger partial charge in [-0.25, -0.2) is 4.98 Å². The Morgan fingerprint density at radius 3 is 2.71 bits per heavy atom. The number of hydrogen-bond donors (Lipinski definition) is 2. The lowest BCUT2D eigenvalue weighted by Gasteiger charge is -2.18. The number of nitrogens with zero attached hydrogens (tertiary/aromatic N) is 2. The fourth-order valence-corrected chi connectivity index (χ4v) is 2.20. The lowest BCUT2D eigenvalue weighted by atomic mass is 9.92. The number of carbonyl (C=O) groups excluding carboxylic acids is 1. The molecular formula is C16H23N3O2. The number of aliphatic hydroxyl groups excluding tert-OH is 1. The highest BCUT2D eigenvalue weighted by molar-refractivity contribution is 5.81. The second kappa shape index (κ2) is 6.26. The van der Waals surface area contributed by atoms with Gasteiger partial charge in [-0.15, -0.1) is 0 Å². The Hall–Kier alpha value is -1.88. The van der Waals surface area contributed by atoms with Gasteiger partial charge in [-0.1, -0.05) is 32.9 Å². The summed E-state index contributed by atoms with van der Waals surface area (Å²) >= 11 is 0. The van der Waals surface area contributed by atoms with Crippen LogP contribution in [0, 0.1) is 5.41 Å². The average molecular weight is 289 g/mol. The Bertz CT molecular complexity index is 626. The fourth-order valence-electron chi connectivity index (χ4n) is 2.20. The van der Waals surface area contributed by atoms with Crippen molar-refractivity contribution in [3.05, 3.63) is 30.1 Å². The van der Waals surface area contributed by atoms with Crippen LogP contribution in [0.1, 0.15) is 33.0 Å². The van der Waals surface area contributed by atoms with Crippen molar-refractivity contribution < 1.29 is 9.90 Å². The SMILES string of the molecule is CC(C)(C)CCNC(=O)Cn1c(CO)nc2ccccc21. The zero-order valence-corrected chi connectivity index (χ0v) is 12.9. The first-order valence-electron chi connectivity index (χ1n) is 7.22. The second-order valence-electron chi connectivity index (χ2n) is 6.42. The number of nitrogens with one attached hydrogen (secondary N) is 1. The van der Waals surface area contributed by atoms with Crippen LogP contribution in [0.2, 0.25) is 0 Å². The molecule has 1 aromatic heterocycles. The highest BCUT2D eigenvalue weighted by atomic mass is 16.3. The monoisotopic (exact) mass is 289 g/mol. The smallest absolute Gasteiger partial charge is 0.240 e. The predicted octanol–water partition coefficient (Wildman–Crippen LogP) is 2.08. The van der Waals surface area contributed by atoms with Crippen LogP contribution in [0.4, 0.5) is 0 Å². The van der Waals surface area contributed by atoms with E-state index in [2.05, 4.69) is 31.1 Å². The summed E-state index contributed by atoms with van der Waals surface area (Å²) in [7, 11) is 0. The Kier molecular flexibility index (Phi) is 4.63. The third-order valence-corrected chi connectivity index (χ3v) is 3.37. The summed E-state index contributed by atoms with van der Waals surface area (Å²) in [5.41, 5.74) is 1.86. The Morgan fingerprint density at radius 1 is 1.33 bits per heavy atom. The van der Waals surface area contributed by atoms with Crippen LogP contribution in [-0.4, -0.2) is 27.1 Å². The third-order valence-electron chi connectivity index (χ3n) is 3.37. The van der Waals surface area contributed by atoms with E-state index in [1.54, 1.807) is 4.57 Å². The first-order valence-corrected chi connectivity index (χ1v) is 7.22. The number of carbonyl (C=O) groups is 1. The number of rotatable bonds is 5. The van der Waals surface area contributed by atoms with E-state index in [1.807, 2.05) is 24.3 Å². The minimum absolute atomic E-state index is 0.0582. The Balaban J connectivity index is 2.07. The third kappa shape index (κ3) is 4.04. The standard InChI is InChI=1S/C16H23N3O2/c1-16(2,3)8-9-17-15(21)10-19-13-7-5-4-6-12(13)18-14(19)11-20/h4-7,20H,8-11H2,1-3H3,(H,17,21). The van der Waals surface area contributed by atoms with E-state index in [0.717, 1.165) is 17.5 Å². The molecule has 0 atom stereocenters. The molecule has 114 valence electrons. The summed E-state index contributed by atoms with van der Waals surface area (Å²) in [6, 6.07) is 7.58. The van der Waals surface area contributed by atoms with Gasteiger partial charge in [0.25, 0.3) is 0 Å². The highest BCUT2D eigenvalue weighted by Crippen LogP contribution is 2.17. The fraction of sp³-hybridized carbons (Fsp3) is 0.500. The molecule has 0 fully saturated rings. The molecule has 2 rings (SSSR count). The van der Waals surface area contributed by atoms with Gasteiger partial charge in [0.05, 0.1) is 11.0 Å². The molecule has 1 amide bonds. The molecule has 0 aliphatic heterocycles. The van der Waals surface area contributed by atoms with Crippen molar-refractivity contribution in [1.29, 1.82) is 0 Å². The maximum atomic E-state index is 12.1. The molecule has 2 aromatic rings. The Morgan fingerprint density at radius 2 is 2.05 bits per heavy atom. The number of fused-ring (bicyclic) bond motifs is 1. The van der Waals surface area contributed by atoms with Crippen LogP contribution < -0.4 is 5.32 Å². The molecule has 0 radical (unpaired) electrons. The normalized spacial score (nSPS) is 11.8. The number of benzene rings is 1. The van der Waals surface area contributed by atoms with Crippen molar-refractivity contribution in [2.75, 3.05) is 6.54 Å². The number of para-hydroxylation sites is 2. The van der Waals surface area contributed by atoms with Crippen LogP contribution in [0.3, 0.4) is 0 Å². The number of aromatic nitrogens is 2. The summed E-state index contributed by atoms with van der Waals surface area (Å²) in [6.07, 6.45) is 0.927. The predicted molar refractivity (Wildman–Crippen MR) is 82.7 cm³/mol. The first-order chi connectivity index (χ1) is 9.90. The van der Waals surface area contributed by atoms with Gasteiger partial charge in [0.1, 0.15) is 19.0 Å². The average Bonchev–Trinajstić information content (AvgIpc) is 2.75. The number of imidazole rings is 1. The number of amides is 1. The summed E-state index contributed by atoms with van der Waals surface area (Å²) in [5, 5.41) is 12.3. The summed E-state index contributed by atoms with van der Waals surface area (Å²) in [5.74, 6) is 0.458. The quantitative estimate of drug-likeness (QED) is 0.885. The molecule has 21 heavy (non-hydrogen) atoms. The molecule has 0 aliphatic carbocycles. The number of hydrogen-bond acceptors (Lipinski definition) is 3. The van der Waals surface area contributed by atoms with E-state index < -0.39 is 0 Å². The molecule has 0 aliphatic rings. The minimum atomic E-state index is -0.177. The lowest BCUT2D eigenvalue weighted by molar-refractivity contribution is -0.121. The molecule has 0 spiro atoms. The van der Waals surface area contributed by atoms with E-state index in [0.29, 0.717) is 12.4 Å². The van der Waals surface area contributed by atoms with Crippen molar-refractivity contribution in [3.8, 4) is 0 Å². The highest BCUT2D eigenvalue weighted by Gasteiger charge is 2.14. The van der Waals surface area contributed by atoms with Crippen molar-refractivity contribution in [1.82, 2.24) is 14.9 Å². The van der Waals surface area contributed by atoms with Crippen LogP contribution in [0.25, 0.3) is 11.0 Å². The molecule has 1 aromatic carbocycles. The molecule has 0 saturated carbocycles. The topological polar surface area (TPSA) is 67.2 Å². The van der Waals surface area contributed by atoms with Gasteiger partial charge in [-0.2, -0.15) is 0 Å². The van der Waals surface area contributed by atoms with Gasteiger partial charge in [0.15, 0.2) is 0 Å². The van der Waals surface area contributed by atoms with Crippen LogP contribution >= 0.6 is 0 Å². The molecule has 5 nitrogen and oxygen atoms in total. The molecule has 0 unspecified atom stereocenters. The zero-order chi connectivity index (χ0) is 15.5. The lowest BCUT2D eigenvalue weighted by Crippen LogP contribution is -2.30. The molecule has 0 bridgehead atoms. The first kappa shape index (κ1) is 15.5. The molecular weight excluding hydrogens is 266 g/mol. The van der Waals surface area contributed by atoms with Gasteiger partial charge in [-0.3, -0.25) is 4.79 Å². The van der Waals surface area contributed by atoms with Crippen LogP contribution in [0.15, 0.2) is 24.3 Å². The Labute approximate surface area is 125 Å². The minimum Gasteiger partial charge on any atom is -0.388 e. The zero-order valence-electron chi connectivity index (χ0n) is 12.9. The van der Waals surface area contributed by atoms with Crippen molar-refractivity contribution in [3.63, 3.8) is 0 Å². The molecule has 5 heteroatoms. The molecule has 2 N–H and O–H groups in total. The van der Waals surface area contributed by atoms with E-state index in [4.69, 9.17) is 0 Å². The van der Waals surface area contributed by atoms with E-state index in [-0.39, 0.29) is 24.5 Å². The van der Waals surface area contributed by atoms with E-state index >= 15 is 0 Å². The summed E-state index contributed by atoms with van der Waals surface area (Å²) in [6.45, 7) is 7.10. The van der Waals surface area contributed by atoms with Crippen LogP contribution in [-0.2, 0) is 17.9 Å². The van der Waals surface area contributed by atoms with E-state index in [9.17, 15) is 9.90 Å². The van der Waals surface area contributed by atoms with Gasteiger partial charge >= 0.3 is 0 Å². The van der Waals surface area contributed by atoms with Crippen molar-refractivity contribution >= 4 is 16.9 Å². The second-order valence-corrected chi connectivity index (χ2v) is 6.42. The van der Waals surface area contributed by atoms with Gasteiger partial charge < -0.3 is 15.0 Å². The maximum Gasteiger partial charge on any atom is 0.240 e. The molecule has 0 saturated heterocycles. The van der Waals surface area contributed by atoms with Crippen molar-refractivity contribution in [2.24, 2.45) is 5.41 Å². The van der Waals surface area contributed by atoms with Gasteiger partial charge in [0.2, 0.25) is 5.91 Å². The van der Waals surface area contributed by atoms with Crippen molar-refractivity contribution in [2.45, 2.75) is 40.3 Å². The largest absolute Gasteiger partial charge is 0.388 e. The summed E-state index contributed by atoms with van der Waals surface area (Å²) in [4.78, 5) is 16.4. The van der Waals surface area contributed by atoms with E-state index in [1.165, 1.54) is 0 Å². The number of aliphatic hydroxyl groups is 1. The maximum absolute atomic E-state index is 12.1. The van der Waals surface area contributed by atoms with Gasteiger partial charge in [-0.05, 0) is 24.0 Å². The van der Waals surface area contributed by atoms with Crippen LogP contribution in [0.5, 0.6) is 0 Å². The van der Waals surface area contributed by atoms with Gasteiger partial charge in [0, 0.05) is 6.54 Å².